The van der Waals surface area contributed by atoms with Crippen molar-refractivity contribution < 1.29 is 9.72 Å². The molecule has 150 valence electrons. The van der Waals surface area contributed by atoms with Crippen molar-refractivity contribution in [1.29, 1.82) is 0 Å². The highest BCUT2D eigenvalue weighted by atomic mass is 16.6. The van der Waals surface area contributed by atoms with Gasteiger partial charge in [-0.25, -0.2) is 9.36 Å². The Kier molecular flexibility index (Phi) is 4.80. The fraction of sp³-hybridized carbons (Fsp3) is 0.100. The van der Waals surface area contributed by atoms with Gasteiger partial charge in [0.15, 0.2) is 5.69 Å². The quantitative estimate of drug-likeness (QED) is 0.403. The molecule has 0 aliphatic heterocycles. The minimum atomic E-state index is -0.488. The summed E-state index contributed by atoms with van der Waals surface area (Å²) in [4.78, 5) is 23.3. The molecule has 0 aliphatic rings. The second-order valence-electron chi connectivity index (χ2n) is 6.60. The molecule has 0 saturated heterocycles. The molecule has 2 aromatic heterocycles. The number of anilines is 1. The molecule has 30 heavy (non-hydrogen) atoms. The number of nitro benzene ring substituents is 1. The van der Waals surface area contributed by atoms with Gasteiger partial charge < -0.3 is 5.32 Å². The van der Waals surface area contributed by atoms with Crippen LogP contribution in [0, 0.1) is 24.0 Å². The van der Waals surface area contributed by atoms with Gasteiger partial charge in [-0.1, -0.05) is 17.3 Å². The Morgan fingerprint density at radius 3 is 2.47 bits per heavy atom. The third kappa shape index (κ3) is 3.53. The largest absolute Gasteiger partial charge is 0.320 e. The third-order valence-corrected chi connectivity index (χ3v) is 4.58. The molecule has 0 saturated carbocycles. The van der Waals surface area contributed by atoms with Crippen LogP contribution in [-0.4, -0.2) is 35.6 Å². The Balaban J connectivity index is 1.59. The highest BCUT2D eigenvalue weighted by Gasteiger charge is 2.19. The lowest BCUT2D eigenvalue weighted by atomic mass is 10.2. The predicted molar refractivity (Wildman–Crippen MR) is 109 cm³/mol. The van der Waals surface area contributed by atoms with E-state index in [1.165, 1.54) is 16.8 Å². The van der Waals surface area contributed by atoms with Gasteiger partial charge in [-0.3, -0.25) is 14.9 Å². The van der Waals surface area contributed by atoms with Crippen LogP contribution in [0.4, 0.5) is 11.4 Å². The summed E-state index contributed by atoms with van der Waals surface area (Å²) in [5, 5.41) is 26.0. The summed E-state index contributed by atoms with van der Waals surface area (Å²) in [6.07, 6.45) is 1.70. The molecule has 0 spiro atoms. The van der Waals surface area contributed by atoms with E-state index in [1.807, 2.05) is 25.1 Å². The van der Waals surface area contributed by atoms with Gasteiger partial charge in [-0.2, -0.15) is 5.10 Å². The first-order valence-corrected chi connectivity index (χ1v) is 9.03. The van der Waals surface area contributed by atoms with E-state index in [2.05, 4.69) is 20.7 Å². The molecule has 0 aliphatic carbocycles. The van der Waals surface area contributed by atoms with E-state index < -0.39 is 10.8 Å². The number of hydrogen-bond donors (Lipinski definition) is 1. The summed E-state index contributed by atoms with van der Waals surface area (Å²) in [7, 11) is 0. The normalized spacial score (nSPS) is 10.7. The van der Waals surface area contributed by atoms with E-state index in [1.54, 1.807) is 42.1 Å². The molecular formula is C20H17N7O3. The summed E-state index contributed by atoms with van der Waals surface area (Å²) in [6.45, 7) is 3.62. The lowest BCUT2D eigenvalue weighted by Crippen LogP contribution is -2.14. The maximum absolute atomic E-state index is 12.8. The predicted octanol–water partition coefficient (Wildman–Crippen LogP) is 3.23. The zero-order valence-corrected chi connectivity index (χ0v) is 16.2. The molecule has 4 rings (SSSR count). The first kappa shape index (κ1) is 19.0. The molecule has 10 nitrogen and oxygen atoms in total. The molecule has 0 fully saturated rings. The fourth-order valence-electron chi connectivity index (χ4n) is 3.07. The van der Waals surface area contributed by atoms with E-state index in [0.29, 0.717) is 17.1 Å². The molecule has 0 unspecified atom stereocenters. The first-order valence-electron chi connectivity index (χ1n) is 9.03. The van der Waals surface area contributed by atoms with Gasteiger partial charge in [0.1, 0.15) is 0 Å². The number of nitro groups is 1. The Labute approximate surface area is 170 Å². The molecular weight excluding hydrogens is 386 g/mol. The summed E-state index contributed by atoms with van der Waals surface area (Å²) < 4.78 is 3.16. The average molecular weight is 403 g/mol. The van der Waals surface area contributed by atoms with Crippen molar-refractivity contribution in [3.63, 3.8) is 0 Å². The van der Waals surface area contributed by atoms with Gasteiger partial charge in [0, 0.05) is 29.7 Å². The number of benzene rings is 2. The van der Waals surface area contributed by atoms with Crippen LogP contribution in [0.5, 0.6) is 0 Å². The van der Waals surface area contributed by atoms with Crippen LogP contribution in [0.15, 0.2) is 60.8 Å². The molecule has 1 N–H and O–H groups in total. The van der Waals surface area contributed by atoms with Crippen LogP contribution in [0.1, 0.15) is 21.9 Å². The number of nitrogens with one attached hydrogen (secondary N) is 1. The van der Waals surface area contributed by atoms with Crippen LogP contribution in [0.2, 0.25) is 0 Å². The van der Waals surface area contributed by atoms with Crippen LogP contribution in [0.3, 0.4) is 0 Å². The topological polar surface area (TPSA) is 121 Å². The maximum atomic E-state index is 12.8. The molecule has 0 radical (unpaired) electrons. The van der Waals surface area contributed by atoms with Crippen molar-refractivity contribution in [3.05, 3.63) is 88.0 Å². The molecule has 1 amide bonds. The second-order valence-corrected chi connectivity index (χ2v) is 6.60. The van der Waals surface area contributed by atoms with Gasteiger partial charge in [-0.15, -0.1) is 5.10 Å². The number of hydrogen-bond acceptors (Lipinski definition) is 6. The van der Waals surface area contributed by atoms with E-state index >= 15 is 0 Å². The monoisotopic (exact) mass is 403 g/mol. The standard InChI is InChI=1S/C20H17N7O3/c1-13-9-10-21-25(13)16-6-3-5-15(11-16)22-20(28)19-14(2)26(24-23-19)17-7-4-8-18(12-17)27(29)30/h3-12H,1-2H3,(H,22,28). The minimum absolute atomic E-state index is 0.0702. The maximum Gasteiger partial charge on any atom is 0.278 e. The SMILES string of the molecule is Cc1ccnn1-c1cccc(NC(=O)c2nnn(-c3cccc([N+](=O)[O-])c3)c2C)c1. The van der Waals surface area contributed by atoms with Crippen molar-refractivity contribution in [2.45, 2.75) is 13.8 Å². The van der Waals surface area contributed by atoms with Crippen LogP contribution >= 0.6 is 0 Å². The molecule has 2 heterocycles. The number of carbonyl (C=O) groups is 1. The van der Waals surface area contributed by atoms with Crippen molar-refractivity contribution in [1.82, 2.24) is 24.8 Å². The summed E-state index contributed by atoms with van der Waals surface area (Å²) in [5.74, 6) is -0.432. The first-order chi connectivity index (χ1) is 14.4. The highest BCUT2D eigenvalue weighted by Crippen LogP contribution is 2.20. The molecule has 0 bridgehead atoms. The molecule has 4 aromatic rings. The minimum Gasteiger partial charge on any atom is -0.320 e. The van der Waals surface area contributed by atoms with Gasteiger partial charge in [-0.05, 0) is 44.2 Å². The molecule has 2 aromatic carbocycles. The van der Waals surface area contributed by atoms with E-state index in [9.17, 15) is 14.9 Å². The summed E-state index contributed by atoms with van der Waals surface area (Å²) >= 11 is 0. The number of non-ortho nitro benzene ring substituents is 1. The Morgan fingerprint density at radius 2 is 1.77 bits per heavy atom. The zero-order chi connectivity index (χ0) is 21.3. The fourth-order valence-corrected chi connectivity index (χ4v) is 3.07. The van der Waals surface area contributed by atoms with E-state index in [0.717, 1.165) is 11.4 Å². The van der Waals surface area contributed by atoms with Gasteiger partial charge in [0.2, 0.25) is 0 Å². The number of rotatable bonds is 5. The number of aromatic nitrogens is 5. The lowest BCUT2D eigenvalue weighted by Gasteiger charge is -2.08. The summed E-state index contributed by atoms with van der Waals surface area (Å²) in [6, 6.07) is 15.1. The van der Waals surface area contributed by atoms with Crippen molar-refractivity contribution in [2.24, 2.45) is 0 Å². The smallest absolute Gasteiger partial charge is 0.278 e. The van der Waals surface area contributed by atoms with Crippen LogP contribution in [0.25, 0.3) is 11.4 Å². The average Bonchev–Trinajstić information content (AvgIpc) is 3.33. The van der Waals surface area contributed by atoms with Crippen molar-refractivity contribution >= 4 is 17.3 Å². The number of amides is 1. The number of aryl methyl sites for hydroxylation is 1. The molecule has 10 heteroatoms. The Morgan fingerprint density at radius 1 is 1.03 bits per heavy atom. The zero-order valence-electron chi connectivity index (χ0n) is 16.2. The van der Waals surface area contributed by atoms with Crippen molar-refractivity contribution in [3.8, 4) is 11.4 Å². The Hall–Kier alpha value is -4.34. The van der Waals surface area contributed by atoms with E-state index in [4.69, 9.17) is 0 Å². The van der Waals surface area contributed by atoms with Gasteiger partial charge in [0.25, 0.3) is 11.6 Å². The lowest BCUT2D eigenvalue weighted by molar-refractivity contribution is -0.384. The summed E-state index contributed by atoms with van der Waals surface area (Å²) in [5.41, 5.74) is 3.33. The Bertz CT molecular complexity index is 1260. The van der Waals surface area contributed by atoms with Gasteiger partial charge in [0.05, 0.1) is 22.0 Å². The third-order valence-electron chi connectivity index (χ3n) is 4.58. The van der Waals surface area contributed by atoms with Crippen LogP contribution < -0.4 is 5.32 Å². The number of nitrogens with zero attached hydrogens (tertiary/aromatic N) is 6. The van der Waals surface area contributed by atoms with Crippen molar-refractivity contribution in [2.75, 3.05) is 5.32 Å². The second kappa shape index (κ2) is 7.59. The molecule has 0 atom stereocenters. The van der Waals surface area contributed by atoms with E-state index in [-0.39, 0.29) is 11.4 Å². The number of carbonyl (C=O) groups excluding carboxylic acids is 1. The highest BCUT2D eigenvalue weighted by molar-refractivity contribution is 6.03. The van der Waals surface area contributed by atoms with Gasteiger partial charge >= 0.3 is 0 Å². The van der Waals surface area contributed by atoms with Crippen LogP contribution in [-0.2, 0) is 0 Å².